The lowest BCUT2D eigenvalue weighted by Gasteiger charge is -2.17. The van der Waals surface area contributed by atoms with Crippen molar-refractivity contribution < 1.29 is 0 Å². The fourth-order valence-electron chi connectivity index (χ4n) is 8.83. The van der Waals surface area contributed by atoms with Crippen LogP contribution >= 0.6 is 0 Å². The molecule has 0 saturated heterocycles. The van der Waals surface area contributed by atoms with Crippen LogP contribution in [-0.2, 0) is 0 Å². The number of hydrogen-bond acceptors (Lipinski definition) is 0. The lowest BCUT2D eigenvalue weighted by molar-refractivity contribution is 1.64. The first kappa shape index (κ1) is 29.0. The molecule has 11 rings (SSSR count). The molecular formula is C52H32. The van der Waals surface area contributed by atoms with E-state index in [0.717, 1.165) is 0 Å². The second kappa shape index (κ2) is 11.4. The van der Waals surface area contributed by atoms with E-state index in [4.69, 9.17) is 0 Å². The molecule has 0 unspecified atom stereocenters. The molecule has 0 fully saturated rings. The molecule has 0 nitrogen and oxygen atoms in total. The van der Waals surface area contributed by atoms with Crippen molar-refractivity contribution in [3.05, 3.63) is 194 Å². The Morgan fingerprint density at radius 1 is 0.173 bits per heavy atom. The lowest BCUT2D eigenvalue weighted by atomic mass is 9.86. The summed E-state index contributed by atoms with van der Waals surface area (Å²) in [5, 5.41) is 17.9. The summed E-state index contributed by atoms with van der Waals surface area (Å²) in [6.45, 7) is 0. The summed E-state index contributed by atoms with van der Waals surface area (Å²) in [5.41, 5.74) is 7.51. The Balaban J connectivity index is 1.18. The third-order valence-corrected chi connectivity index (χ3v) is 11.2. The first-order chi connectivity index (χ1) is 25.8. The van der Waals surface area contributed by atoms with Crippen molar-refractivity contribution in [3.8, 4) is 33.4 Å². The molecule has 0 spiro atoms. The summed E-state index contributed by atoms with van der Waals surface area (Å²) in [6.07, 6.45) is 0. The second-order valence-electron chi connectivity index (χ2n) is 14.0. The van der Waals surface area contributed by atoms with Gasteiger partial charge in [-0.25, -0.2) is 0 Å². The fourth-order valence-corrected chi connectivity index (χ4v) is 8.83. The van der Waals surface area contributed by atoms with Gasteiger partial charge in [0.25, 0.3) is 0 Å². The summed E-state index contributed by atoms with van der Waals surface area (Å²) in [7, 11) is 0. The van der Waals surface area contributed by atoms with Crippen LogP contribution in [0.2, 0.25) is 0 Å². The van der Waals surface area contributed by atoms with E-state index in [-0.39, 0.29) is 0 Å². The monoisotopic (exact) mass is 656 g/mol. The van der Waals surface area contributed by atoms with Crippen LogP contribution in [0.15, 0.2) is 194 Å². The van der Waals surface area contributed by atoms with Crippen LogP contribution in [0.3, 0.4) is 0 Å². The van der Waals surface area contributed by atoms with Crippen LogP contribution in [0.4, 0.5) is 0 Å². The topological polar surface area (TPSA) is 0 Å². The van der Waals surface area contributed by atoms with Crippen molar-refractivity contribution in [1.29, 1.82) is 0 Å². The minimum absolute atomic E-state index is 1.22. The van der Waals surface area contributed by atoms with Crippen molar-refractivity contribution in [2.75, 3.05) is 0 Å². The van der Waals surface area contributed by atoms with Crippen LogP contribution in [-0.4, -0.2) is 0 Å². The predicted molar refractivity (Wildman–Crippen MR) is 225 cm³/mol. The standard InChI is InChI=1S/C52H32/c1-3-18-37-33(13-1)15-12-26-39(37)50-32-52-43-23-8-7-22-42(43)48(31-51(52)45-25-10-9-24-44(45)50)36-17-11-16-35(29-36)47-30-49-38-19-4-2-14-34(38)27-28-46(49)40-20-5-6-21-41(40)47/h1-32H. The molecule has 0 N–H and O–H groups in total. The molecule has 0 bridgehead atoms. The maximum Gasteiger partial charge on any atom is -0.00923 e. The third-order valence-electron chi connectivity index (χ3n) is 11.2. The lowest BCUT2D eigenvalue weighted by Crippen LogP contribution is -1.90. The zero-order chi connectivity index (χ0) is 34.2. The zero-order valence-corrected chi connectivity index (χ0v) is 28.5. The molecule has 11 aromatic carbocycles. The molecule has 52 heavy (non-hydrogen) atoms. The summed E-state index contributed by atoms with van der Waals surface area (Å²) < 4.78 is 0. The van der Waals surface area contributed by atoms with Crippen molar-refractivity contribution in [2.24, 2.45) is 0 Å². The highest BCUT2D eigenvalue weighted by molar-refractivity contribution is 6.25. The molecule has 0 amide bonds. The van der Waals surface area contributed by atoms with Gasteiger partial charge in [0, 0.05) is 0 Å². The Morgan fingerprint density at radius 2 is 0.558 bits per heavy atom. The van der Waals surface area contributed by atoms with Gasteiger partial charge in [-0.05, 0) is 133 Å². The number of rotatable bonds is 3. The largest absolute Gasteiger partial charge is 0.0616 e. The maximum atomic E-state index is 2.44. The molecule has 0 atom stereocenters. The highest BCUT2D eigenvalue weighted by atomic mass is 14.2. The predicted octanol–water partition coefficient (Wildman–Crippen LogP) is 14.8. The molecule has 11 aromatic rings. The highest BCUT2D eigenvalue weighted by Gasteiger charge is 2.17. The molecule has 0 heterocycles. The Morgan fingerprint density at radius 3 is 1.17 bits per heavy atom. The van der Waals surface area contributed by atoms with Gasteiger partial charge < -0.3 is 0 Å². The number of hydrogen-bond donors (Lipinski definition) is 0. The van der Waals surface area contributed by atoms with Crippen molar-refractivity contribution >= 4 is 75.4 Å². The Kier molecular flexibility index (Phi) is 6.35. The second-order valence-corrected chi connectivity index (χ2v) is 14.0. The van der Waals surface area contributed by atoms with Gasteiger partial charge in [0.2, 0.25) is 0 Å². The van der Waals surface area contributed by atoms with E-state index in [1.54, 1.807) is 0 Å². The minimum atomic E-state index is 1.22. The molecule has 240 valence electrons. The van der Waals surface area contributed by atoms with Crippen molar-refractivity contribution in [3.63, 3.8) is 0 Å². The average Bonchev–Trinajstić information content (AvgIpc) is 3.22. The van der Waals surface area contributed by atoms with Gasteiger partial charge >= 0.3 is 0 Å². The van der Waals surface area contributed by atoms with Crippen LogP contribution in [0.5, 0.6) is 0 Å². The van der Waals surface area contributed by atoms with Gasteiger partial charge in [0.05, 0.1) is 0 Å². The smallest absolute Gasteiger partial charge is 0.00923 e. The molecule has 0 aromatic heterocycles. The van der Waals surface area contributed by atoms with E-state index in [1.165, 1.54) is 109 Å². The number of fused-ring (bicyclic) bond motifs is 11. The third kappa shape index (κ3) is 4.35. The van der Waals surface area contributed by atoms with Gasteiger partial charge in [0.1, 0.15) is 0 Å². The summed E-state index contributed by atoms with van der Waals surface area (Å²) >= 11 is 0. The Labute approximate surface area is 301 Å². The molecule has 0 aliphatic carbocycles. The number of benzene rings is 11. The average molecular weight is 657 g/mol. The summed E-state index contributed by atoms with van der Waals surface area (Å²) in [4.78, 5) is 0. The van der Waals surface area contributed by atoms with Crippen LogP contribution < -0.4 is 0 Å². The van der Waals surface area contributed by atoms with Crippen molar-refractivity contribution in [2.45, 2.75) is 0 Å². The highest BCUT2D eigenvalue weighted by Crippen LogP contribution is 2.44. The molecule has 0 heteroatoms. The summed E-state index contributed by atoms with van der Waals surface area (Å²) in [6, 6.07) is 71.9. The SMILES string of the molecule is c1cc(-c2cc3c4ccccc4ccc3c3ccccc23)cc(-c2cc3c4ccccc4c(-c4cccc5ccccc45)cc3c3ccccc23)c1. The summed E-state index contributed by atoms with van der Waals surface area (Å²) in [5.74, 6) is 0. The van der Waals surface area contributed by atoms with Crippen LogP contribution in [0, 0.1) is 0 Å². The van der Waals surface area contributed by atoms with Crippen LogP contribution in [0.25, 0.3) is 109 Å². The molecule has 0 aliphatic heterocycles. The van der Waals surface area contributed by atoms with Gasteiger partial charge in [-0.3, -0.25) is 0 Å². The van der Waals surface area contributed by atoms with Gasteiger partial charge in [0.15, 0.2) is 0 Å². The Bertz CT molecular complexity index is 3230. The first-order valence-corrected chi connectivity index (χ1v) is 18.1. The normalized spacial score (nSPS) is 11.8. The van der Waals surface area contributed by atoms with Crippen molar-refractivity contribution in [1.82, 2.24) is 0 Å². The maximum absolute atomic E-state index is 2.44. The molecule has 0 saturated carbocycles. The fraction of sp³-hybridized carbons (Fsp3) is 0. The van der Waals surface area contributed by atoms with E-state index in [2.05, 4.69) is 194 Å². The van der Waals surface area contributed by atoms with Gasteiger partial charge in [-0.1, -0.05) is 170 Å². The molecule has 0 radical (unpaired) electrons. The van der Waals surface area contributed by atoms with Gasteiger partial charge in [-0.15, -0.1) is 0 Å². The van der Waals surface area contributed by atoms with E-state index in [0.29, 0.717) is 0 Å². The first-order valence-electron chi connectivity index (χ1n) is 18.1. The van der Waals surface area contributed by atoms with E-state index >= 15 is 0 Å². The quantitative estimate of drug-likeness (QED) is 0.166. The van der Waals surface area contributed by atoms with Gasteiger partial charge in [-0.2, -0.15) is 0 Å². The minimum Gasteiger partial charge on any atom is -0.0616 e. The molecule has 0 aliphatic rings. The van der Waals surface area contributed by atoms with Crippen LogP contribution in [0.1, 0.15) is 0 Å². The molecular weight excluding hydrogens is 625 g/mol. The van der Waals surface area contributed by atoms with E-state index < -0.39 is 0 Å². The van der Waals surface area contributed by atoms with E-state index in [9.17, 15) is 0 Å². The van der Waals surface area contributed by atoms with E-state index in [1.807, 2.05) is 0 Å². The zero-order valence-electron chi connectivity index (χ0n) is 28.5. The Hall–Kier alpha value is -6.76.